The van der Waals surface area contributed by atoms with Crippen LogP contribution < -0.4 is 14.8 Å². The molecule has 2 aliphatic heterocycles. The van der Waals surface area contributed by atoms with Gasteiger partial charge in [0.25, 0.3) is 0 Å². The van der Waals surface area contributed by atoms with Gasteiger partial charge in [-0.1, -0.05) is 0 Å². The first kappa shape index (κ1) is 17.0. The summed E-state index contributed by atoms with van der Waals surface area (Å²) in [6.07, 6.45) is 0.860. The molecule has 1 fully saturated rings. The number of rotatable bonds is 4. The van der Waals surface area contributed by atoms with Crippen molar-refractivity contribution in [3.63, 3.8) is 0 Å². The zero-order chi connectivity index (χ0) is 17.1. The van der Waals surface area contributed by atoms with Crippen LogP contribution in [0.4, 0.5) is 0 Å². The normalized spacial score (nSPS) is 21.3. The number of carbonyl (C=O) groups excluding carboxylic acids is 1. The first-order chi connectivity index (χ1) is 11.6. The lowest BCUT2D eigenvalue weighted by Crippen LogP contribution is -2.53. The number of ether oxygens (including phenoxy) is 2. The van der Waals surface area contributed by atoms with Crippen LogP contribution in [-0.2, 0) is 17.8 Å². The Balaban J connectivity index is 1.68. The Morgan fingerprint density at radius 1 is 1.21 bits per heavy atom. The number of hydrogen-bond acceptors (Lipinski definition) is 5. The molecule has 2 aliphatic rings. The summed E-state index contributed by atoms with van der Waals surface area (Å²) in [6, 6.07) is 4.44. The van der Waals surface area contributed by atoms with E-state index in [0.29, 0.717) is 19.1 Å². The van der Waals surface area contributed by atoms with Crippen molar-refractivity contribution in [3.05, 3.63) is 23.3 Å². The Kier molecular flexibility index (Phi) is 5.26. The first-order valence-electron chi connectivity index (χ1n) is 8.58. The van der Waals surface area contributed by atoms with Crippen LogP contribution in [0.5, 0.6) is 11.5 Å². The van der Waals surface area contributed by atoms with Gasteiger partial charge in [0.15, 0.2) is 11.5 Å². The van der Waals surface area contributed by atoms with Crippen LogP contribution in [0.2, 0.25) is 0 Å². The van der Waals surface area contributed by atoms with Crippen molar-refractivity contribution >= 4 is 5.91 Å². The zero-order valence-corrected chi connectivity index (χ0v) is 14.8. The summed E-state index contributed by atoms with van der Waals surface area (Å²) in [5, 5.41) is 3.36. The van der Waals surface area contributed by atoms with Gasteiger partial charge in [-0.15, -0.1) is 0 Å². The average Bonchev–Trinajstić information content (AvgIpc) is 2.61. The Labute approximate surface area is 143 Å². The first-order valence-corrected chi connectivity index (χ1v) is 8.58. The summed E-state index contributed by atoms with van der Waals surface area (Å²) in [7, 11) is 3.29. The topological polar surface area (TPSA) is 54.0 Å². The van der Waals surface area contributed by atoms with Crippen LogP contribution in [-0.4, -0.2) is 68.7 Å². The van der Waals surface area contributed by atoms with Crippen molar-refractivity contribution in [2.45, 2.75) is 25.9 Å². The molecule has 0 spiro atoms. The minimum atomic E-state index is 0.212. The van der Waals surface area contributed by atoms with Crippen LogP contribution in [0.1, 0.15) is 18.1 Å². The molecular formula is C18H27N3O3. The van der Waals surface area contributed by atoms with Gasteiger partial charge in [0.1, 0.15) is 0 Å². The molecular weight excluding hydrogens is 306 g/mol. The Morgan fingerprint density at radius 2 is 1.92 bits per heavy atom. The standard InChI is InChI=1S/C18H27N3O3/c1-13-10-19-5-7-20(13)12-18(22)21-6-4-14-8-16(23-2)17(24-3)9-15(14)11-21/h8-9,13,19H,4-7,10-12H2,1-3H3/t13-/m1/s1. The van der Waals surface area contributed by atoms with Crippen LogP contribution in [0.25, 0.3) is 0 Å². The van der Waals surface area contributed by atoms with Gasteiger partial charge in [-0.25, -0.2) is 0 Å². The van der Waals surface area contributed by atoms with Gasteiger partial charge < -0.3 is 19.7 Å². The van der Waals surface area contributed by atoms with E-state index in [2.05, 4.69) is 17.1 Å². The lowest BCUT2D eigenvalue weighted by atomic mass is 9.98. The lowest BCUT2D eigenvalue weighted by molar-refractivity contribution is -0.134. The number of piperazine rings is 1. The molecule has 1 amide bonds. The molecule has 2 heterocycles. The number of hydrogen-bond donors (Lipinski definition) is 1. The summed E-state index contributed by atoms with van der Waals surface area (Å²) in [6.45, 7) is 6.93. The van der Waals surface area contributed by atoms with E-state index in [1.165, 1.54) is 5.56 Å². The van der Waals surface area contributed by atoms with Crippen LogP contribution in [0.3, 0.4) is 0 Å². The summed E-state index contributed by atoms with van der Waals surface area (Å²) in [5.74, 6) is 1.69. The summed E-state index contributed by atoms with van der Waals surface area (Å²) in [5.41, 5.74) is 2.40. The Bertz CT molecular complexity index is 605. The smallest absolute Gasteiger partial charge is 0.237 e. The molecule has 3 rings (SSSR count). The highest BCUT2D eigenvalue weighted by Crippen LogP contribution is 2.33. The van der Waals surface area contributed by atoms with E-state index >= 15 is 0 Å². The number of fused-ring (bicyclic) bond motifs is 1. The average molecular weight is 333 g/mol. The zero-order valence-electron chi connectivity index (χ0n) is 14.8. The fraction of sp³-hybridized carbons (Fsp3) is 0.611. The molecule has 0 radical (unpaired) electrons. The van der Waals surface area contributed by atoms with E-state index in [-0.39, 0.29) is 5.91 Å². The molecule has 0 aromatic heterocycles. The van der Waals surface area contributed by atoms with Crippen LogP contribution >= 0.6 is 0 Å². The molecule has 0 saturated carbocycles. The predicted molar refractivity (Wildman–Crippen MR) is 92.6 cm³/mol. The largest absolute Gasteiger partial charge is 0.493 e. The van der Waals surface area contributed by atoms with E-state index in [0.717, 1.165) is 49.7 Å². The van der Waals surface area contributed by atoms with Gasteiger partial charge in [0.05, 0.1) is 20.8 Å². The van der Waals surface area contributed by atoms with E-state index in [1.807, 2.05) is 17.0 Å². The van der Waals surface area contributed by atoms with Crippen LogP contribution in [0, 0.1) is 0 Å². The van der Waals surface area contributed by atoms with Crippen molar-refractivity contribution in [1.29, 1.82) is 0 Å². The molecule has 0 bridgehead atoms. The van der Waals surface area contributed by atoms with Gasteiger partial charge in [0.2, 0.25) is 5.91 Å². The molecule has 132 valence electrons. The molecule has 1 aromatic carbocycles. The second-order valence-corrected chi connectivity index (χ2v) is 6.56. The van der Waals surface area contributed by atoms with E-state index in [1.54, 1.807) is 14.2 Å². The molecule has 0 aliphatic carbocycles. The summed E-state index contributed by atoms with van der Waals surface area (Å²) in [4.78, 5) is 16.9. The second-order valence-electron chi connectivity index (χ2n) is 6.56. The fourth-order valence-electron chi connectivity index (χ4n) is 3.49. The van der Waals surface area contributed by atoms with Crippen molar-refractivity contribution in [2.24, 2.45) is 0 Å². The summed E-state index contributed by atoms with van der Waals surface area (Å²) < 4.78 is 10.8. The monoisotopic (exact) mass is 333 g/mol. The Morgan fingerprint density at radius 3 is 2.58 bits per heavy atom. The highest BCUT2D eigenvalue weighted by molar-refractivity contribution is 5.78. The number of amides is 1. The van der Waals surface area contributed by atoms with E-state index < -0.39 is 0 Å². The minimum Gasteiger partial charge on any atom is -0.493 e. The minimum absolute atomic E-state index is 0.212. The molecule has 1 saturated heterocycles. The molecule has 1 atom stereocenters. The highest BCUT2D eigenvalue weighted by atomic mass is 16.5. The third-order valence-corrected chi connectivity index (χ3v) is 5.05. The molecule has 0 unspecified atom stereocenters. The Hall–Kier alpha value is -1.79. The molecule has 6 heteroatoms. The van der Waals surface area contributed by atoms with Crippen molar-refractivity contribution < 1.29 is 14.3 Å². The van der Waals surface area contributed by atoms with Crippen molar-refractivity contribution in [2.75, 3.05) is 46.9 Å². The van der Waals surface area contributed by atoms with E-state index in [9.17, 15) is 4.79 Å². The van der Waals surface area contributed by atoms with E-state index in [4.69, 9.17) is 9.47 Å². The maximum Gasteiger partial charge on any atom is 0.237 e. The third-order valence-electron chi connectivity index (χ3n) is 5.05. The number of nitrogens with zero attached hydrogens (tertiary/aromatic N) is 2. The van der Waals surface area contributed by atoms with Crippen molar-refractivity contribution in [1.82, 2.24) is 15.1 Å². The SMILES string of the molecule is COc1cc2c(cc1OC)CN(C(=O)CN1CCNC[C@H]1C)CC2. The molecule has 1 N–H and O–H groups in total. The predicted octanol–water partition coefficient (Wildman–Crippen LogP) is 0.882. The number of methoxy groups -OCH3 is 2. The van der Waals surface area contributed by atoms with Crippen molar-refractivity contribution in [3.8, 4) is 11.5 Å². The van der Waals surface area contributed by atoms with Gasteiger partial charge >= 0.3 is 0 Å². The highest BCUT2D eigenvalue weighted by Gasteiger charge is 2.26. The van der Waals surface area contributed by atoms with Gasteiger partial charge in [-0.3, -0.25) is 9.69 Å². The maximum absolute atomic E-state index is 12.7. The van der Waals surface area contributed by atoms with Gasteiger partial charge in [0, 0.05) is 38.8 Å². The number of carbonyl (C=O) groups is 1. The van der Waals surface area contributed by atoms with Crippen LogP contribution in [0.15, 0.2) is 12.1 Å². The quantitative estimate of drug-likeness (QED) is 0.887. The van der Waals surface area contributed by atoms with Gasteiger partial charge in [-0.05, 0) is 36.6 Å². The number of benzene rings is 1. The number of nitrogens with one attached hydrogen (secondary N) is 1. The maximum atomic E-state index is 12.7. The van der Waals surface area contributed by atoms with Gasteiger partial charge in [-0.2, -0.15) is 0 Å². The third kappa shape index (κ3) is 3.49. The molecule has 24 heavy (non-hydrogen) atoms. The second kappa shape index (κ2) is 7.40. The lowest BCUT2D eigenvalue weighted by Gasteiger charge is -2.36. The fourth-order valence-corrected chi connectivity index (χ4v) is 3.49. The summed E-state index contributed by atoms with van der Waals surface area (Å²) >= 11 is 0. The molecule has 6 nitrogen and oxygen atoms in total. The molecule has 1 aromatic rings.